The lowest BCUT2D eigenvalue weighted by Crippen LogP contribution is -2.28. The van der Waals surface area contributed by atoms with Gasteiger partial charge in [0.15, 0.2) is 6.61 Å². The number of nitrogens with one attached hydrogen (secondary N) is 1. The molecule has 0 aromatic heterocycles. The smallest absolute Gasteiger partial charge is 0.259 e. The lowest BCUT2D eigenvalue weighted by Gasteiger charge is -2.15. The van der Waals surface area contributed by atoms with Crippen LogP contribution in [0.2, 0.25) is 0 Å². The zero-order chi connectivity index (χ0) is 13.8. The van der Waals surface area contributed by atoms with Crippen LogP contribution in [0.3, 0.4) is 0 Å². The number of ether oxygens (including phenoxy) is 1. The minimum absolute atomic E-state index is 0.0446. The number of nitrogens with zero attached hydrogens (tertiary/aromatic N) is 1. The van der Waals surface area contributed by atoms with E-state index in [2.05, 4.69) is 21.2 Å². The molecule has 0 radical (unpaired) electrons. The van der Waals surface area contributed by atoms with Crippen LogP contribution in [0.5, 0.6) is 5.75 Å². The molecule has 1 aromatic carbocycles. The Morgan fingerprint density at radius 1 is 1.47 bits per heavy atom. The van der Waals surface area contributed by atoms with Crippen LogP contribution in [0.4, 0.5) is 0 Å². The maximum atomic E-state index is 11.6. The molecule has 1 amide bonds. The second-order valence-corrected chi connectivity index (χ2v) is 5.81. The molecule has 2 rings (SSSR count). The number of carbonyl (C=O) groups is 1. The summed E-state index contributed by atoms with van der Waals surface area (Å²) in [5.74, 6) is 0.711. The molecule has 1 fully saturated rings. The van der Waals surface area contributed by atoms with Gasteiger partial charge in [0.2, 0.25) is 0 Å². The first-order valence-electron chi connectivity index (χ1n) is 6.41. The summed E-state index contributed by atoms with van der Waals surface area (Å²) < 4.78 is 6.55. The van der Waals surface area contributed by atoms with Crippen LogP contribution in [0.1, 0.15) is 18.4 Å². The maximum absolute atomic E-state index is 11.6. The Morgan fingerprint density at radius 3 is 2.84 bits per heavy atom. The van der Waals surface area contributed by atoms with Gasteiger partial charge in [-0.3, -0.25) is 4.79 Å². The number of benzene rings is 1. The Balaban J connectivity index is 2.01. The molecule has 1 saturated carbocycles. The number of para-hydroxylation sites is 1. The molecular formula is C14H19BrN2O2. The van der Waals surface area contributed by atoms with Crippen LogP contribution >= 0.6 is 15.9 Å². The van der Waals surface area contributed by atoms with Crippen molar-refractivity contribution in [1.29, 1.82) is 0 Å². The fourth-order valence-electron chi connectivity index (χ4n) is 1.66. The third-order valence-corrected chi connectivity index (χ3v) is 3.67. The molecule has 0 bridgehead atoms. The maximum Gasteiger partial charge on any atom is 0.259 e. The molecule has 1 aliphatic rings. The van der Waals surface area contributed by atoms with Crippen LogP contribution in [-0.2, 0) is 11.3 Å². The van der Waals surface area contributed by atoms with Crippen LogP contribution in [-0.4, -0.2) is 37.6 Å². The van der Waals surface area contributed by atoms with Crippen molar-refractivity contribution in [3.8, 4) is 5.75 Å². The van der Waals surface area contributed by atoms with Gasteiger partial charge >= 0.3 is 0 Å². The van der Waals surface area contributed by atoms with Crippen molar-refractivity contribution in [2.75, 3.05) is 20.7 Å². The van der Waals surface area contributed by atoms with Crippen LogP contribution in [0.25, 0.3) is 0 Å². The van der Waals surface area contributed by atoms with Crippen LogP contribution in [0, 0.1) is 0 Å². The summed E-state index contributed by atoms with van der Waals surface area (Å²) in [6, 6.07) is 6.58. The molecule has 1 aliphatic carbocycles. The SMILES string of the molecule is CN(C)C(=O)COc1c(Br)cccc1CNC1CC1. The van der Waals surface area contributed by atoms with Crippen LogP contribution < -0.4 is 10.1 Å². The molecule has 0 heterocycles. The Morgan fingerprint density at radius 2 is 2.21 bits per heavy atom. The van der Waals surface area contributed by atoms with Gasteiger partial charge in [-0.15, -0.1) is 0 Å². The van der Waals surface area contributed by atoms with Gasteiger partial charge < -0.3 is 15.0 Å². The van der Waals surface area contributed by atoms with E-state index in [1.54, 1.807) is 14.1 Å². The molecular weight excluding hydrogens is 308 g/mol. The summed E-state index contributed by atoms with van der Waals surface area (Å²) in [6.45, 7) is 0.835. The first kappa shape index (κ1) is 14.3. The second kappa shape index (κ2) is 6.39. The standard InChI is InChI=1S/C14H19BrN2O2/c1-17(2)13(18)9-19-14-10(4-3-5-12(14)15)8-16-11-6-7-11/h3-5,11,16H,6-9H2,1-2H3. The number of carbonyl (C=O) groups excluding carboxylic acids is 1. The van der Waals surface area contributed by atoms with Crippen molar-refractivity contribution < 1.29 is 9.53 Å². The Bertz CT molecular complexity index is 459. The van der Waals surface area contributed by atoms with Gasteiger partial charge in [0.1, 0.15) is 5.75 Å². The van der Waals surface area contributed by atoms with Crippen molar-refractivity contribution in [2.45, 2.75) is 25.4 Å². The first-order chi connectivity index (χ1) is 9.08. The quantitative estimate of drug-likeness (QED) is 0.871. The van der Waals surface area contributed by atoms with E-state index in [4.69, 9.17) is 4.74 Å². The largest absolute Gasteiger partial charge is 0.482 e. The van der Waals surface area contributed by atoms with Crippen molar-refractivity contribution in [3.63, 3.8) is 0 Å². The Kier molecular flexibility index (Phi) is 4.82. The molecule has 0 spiro atoms. The summed E-state index contributed by atoms with van der Waals surface area (Å²) in [4.78, 5) is 13.1. The predicted octanol–water partition coefficient (Wildman–Crippen LogP) is 2.17. The lowest BCUT2D eigenvalue weighted by molar-refractivity contribution is -0.130. The molecule has 0 atom stereocenters. The highest BCUT2D eigenvalue weighted by molar-refractivity contribution is 9.10. The number of amides is 1. The Labute approximate surface area is 122 Å². The fraction of sp³-hybridized carbons (Fsp3) is 0.500. The minimum atomic E-state index is -0.0446. The molecule has 1 aromatic rings. The summed E-state index contributed by atoms with van der Waals surface area (Å²) in [5, 5.41) is 3.45. The molecule has 0 unspecified atom stereocenters. The van der Waals surface area contributed by atoms with E-state index < -0.39 is 0 Å². The van der Waals surface area contributed by atoms with Gasteiger partial charge in [0.05, 0.1) is 4.47 Å². The molecule has 0 saturated heterocycles. The number of halogens is 1. The van der Waals surface area contributed by atoms with E-state index in [1.165, 1.54) is 17.7 Å². The summed E-state index contributed by atoms with van der Waals surface area (Å²) in [7, 11) is 3.45. The highest BCUT2D eigenvalue weighted by Crippen LogP contribution is 2.30. The minimum Gasteiger partial charge on any atom is -0.482 e. The highest BCUT2D eigenvalue weighted by Gasteiger charge is 2.21. The monoisotopic (exact) mass is 326 g/mol. The van der Waals surface area contributed by atoms with Crippen molar-refractivity contribution in [1.82, 2.24) is 10.2 Å². The molecule has 19 heavy (non-hydrogen) atoms. The van der Waals surface area contributed by atoms with E-state index >= 15 is 0 Å². The van der Waals surface area contributed by atoms with E-state index in [-0.39, 0.29) is 12.5 Å². The van der Waals surface area contributed by atoms with E-state index in [9.17, 15) is 4.79 Å². The van der Waals surface area contributed by atoms with Gasteiger partial charge in [0.25, 0.3) is 5.91 Å². The third kappa shape index (κ3) is 4.21. The van der Waals surface area contributed by atoms with Gasteiger partial charge in [-0.2, -0.15) is 0 Å². The zero-order valence-electron chi connectivity index (χ0n) is 11.3. The van der Waals surface area contributed by atoms with Gasteiger partial charge in [0, 0.05) is 32.2 Å². The van der Waals surface area contributed by atoms with Gasteiger partial charge in [-0.25, -0.2) is 0 Å². The van der Waals surface area contributed by atoms with Crippen molar-refractivity contribution in [2.24, 2.45) is 0 Å². The number of hydrogen-bond donors (Lipinski definition) is 1. The average molecular weight is 327 g/mol. The first-order valence-corrected chi connectivity index (χ1v) is 7.21. The van der Waals surface area contributed by atoms with E-state index in [0.717, 1.165) is 22.3 Å². The second-order valence-electron chi connectivity index (χ2n) is 4.96. The van der Waals surface area contributed by atoms with Crippen molar-refractivity contribution in [3.05, 3.63) is 28.2 Å². The van der Waals surface area contributed by atoms with Gasteiger partial charge in [-0.1, -0.05) is 12.1 Å². The molecule has 1 N–H and O–H groups in total. The normalized spacial score (nSPS) is 14.3. The number of hydrogen-bond acceptors (Lipinski definition) is 3. The summed E-state index contributed by atoms with van der Waals surface area (Å²) in [6.07, 6.45) is 2.51. The lowest BCUT2D eigenvalue weighted by atomic mass is 10.2. The molecule has 4 nitrogen and oxygen atoms in total. The topological polar surface area (TPSA) is 41.6 Å². The average Bonchev–Trinajstić information content (AvgIpc) is 3.18. The zero-order valence-corrected chi connectivity index (χ0v) is 12.9. The van der Waals surface area contributed by atoms with Crippen LogP contribution in [0.15, 0.2) is 22.7 Å². The molecule has 104 valence electrons. The molecule has 5 heteroatoms. The van der Waals surface area contributed by atoms with E-state index in [0.29, 0.717) is 6.04 Å². The summed E-state index contributed by atoms with van der Waals surface area (Å²) in [5.41, 5.74) is 1.08. The number of likely N-dealkylation sites (N-methyl/N-ethyl adjacent to an activating group) is 1. The van der Waals surface area contributed by atoms with E-state index in [1.807, 2.05) is 18.2 Å². The van der Waals surface area contributed by atoms with Crippen molar-refractivity contribution >= 4 is 21.8 Å². The number of rotatable bonds is 6. The predicted molar refractivity (Wildman–Crippen MR) is 78.2 cm³/mol. The fourth-order valence-corrected chi connectivity index (χ4v) is 2.18. The third-order valence-electron chi connectivity index (χ3n) is 3.05. The molecule has 0 aliphatic heterocycles. The van der Waals surface area contributed by atoms with Gasteiger partial charge in [-0.05, 0) is 34.8 Å². The Hall–Kier alpha value is -1.07. The summed E-state index contributed by atoms with van der Waals surface area (Å²) >= 11 is 3.48. The highest BCUT2D eigenvalue weighted by atomic mass is 79.9.